The minimum absolute atomic E-state index is 0.367. The van der Waals surface area contributed by atoms with Crippen LogP contribution in [0.15, 0.2) is 73.2 Å². The van der Waals surface area contributed by atoms with Crippen molar-refractivity contribution in [3.63, 3.8) is 0 Å². The van der Waals surface area contributed by atoms with Gasteiger partial charge in [0.25, 0.3) is 0 Å². The monoisotopic (exact) mass is 421 g/mol. The largest absolute Gasteiger partial charge is 0.370 e. The molecule has 162 valence electrons. The van der Waals surface area contributed by atoms with Crippen LogP contribution in [0, 0.1) is 0 Å². The van der Waals surface area contributed by atoms with Gasteiger partial charge in [-0.15, -0.1) is 0 Å². The van der Waals surface area contributed by atoms with Crippen LogP contribution in [-0.2, 0) is 17.8 Å². The predicted octanol–water partition coefficient (Wildman–Crippen LogP) is 5.02. The van der Waals surface area contributed by atoms with E-state index in [0.717, 1.165) is 16.8 Å². The van der Waals surface area contributed by atoms with Crippen molar-refractivity contribution in [2.24, 2.45) is 0 Å². The van der Waals surface area contributed by atoms with E-state index in [0.29, 0.717) is 24.6 Å². The molecule has 0 aliphatic heterocycles. The molecule has 4 rings (SSSR count). The summed E-state index contributed by atoms with van der Waals surface area (Å²) in [6, 6.07) is 19.6. The Kier molecular flexibility index (Phi) is 8.06. The van der Waals surface area contributed by atoms with E-state index < -0.39 is 12.8 Å². The fraction of sp³-hybridized carbons (Fsp3) is 0.292. The lowest BCUT2D eigenvalue weighted by Gasteiger charge is -2.18. The molecular weight excluding hydrogens is 393 g/mol. The van der Waals surface area contributed by atoms with E-state index in [2.05, 4.69) is 15.1 Å². The van der Waals surface area contributed by atoms with E-state index in [9.17, 15) is 4.39 Å². The Morgan fingerprint density at radius 1 is 1.00 bits per heavy atom. The van der Waals surface area contributed by atoms with Crippen molar-refractivity contribution in [1.82, 2.24) is 19.6 Å². The third-order valence-corrected chi connectivity index (χ3v) is 4.75. The maximum absolute atomic E-state index is 13.6. The summed E-state index contributed by atoms with van der Waals surface area (Å²) in [5.74, 6) is 0.634. The number of halogens is 1. The molecule has 0 saturated carbocycles. The number of hydrogen-bond acceptors (Lipinski definition) is 5. The first-order chi connectivity index (χ1) is 15.3. The Hall–Kier alpha value is -3.32. The molecule has 4 aromatic rings. The Balaban J connectivity index is 0.00000132. The average Bonchev–Trinajstić information content (AvgIpc) is 3.26. The molecule has 0 fully saturated rings. The number of ether oxygens (including phenoxy) is 1. The zero-order valence-corrected chi connectivity index (χ0v) is 18.1. The van der Waals surface area contributed by atoms with Gasteiger partial charge in [0.2, 0.25) is 5.95 Å². The highest BCUT2D eigenvalue weighted by Gasteiger charge is 2.18. The van der Waals surface area contributed by atoms with Gasteiger partial charge in [0.1, 0.15) is 13.0 Å². The minimum Gasteiger partial charge on any atom is -0.370 e. The van der Waals surface area contributed by atoms with Gasteiger partial charge in [-0.05, 0) is 17.7 Å². The zero-order valence-electron chi connectivity index (χ0n) is 18.1. The number of hydrogen-bond donors (Lipinski definition) is 0. The summed E-state index contributed by atoms with van der Waals surface area (Å²) in [6.07, 6.45) is 3.04. The van der Waals surface area contributed by atoms with Crippen molar-refractivity contribution in [3.8, 4) is 0 Å². The molecule has 2 aromatic heterocycles. The number of alkyl halides is 1. The first-order valence-electron chi connectivity index (χ1n) is 10.4. The molecule has 2 aromatic carbocycles. The van der Waals surface area contributed by atoms with Gasteiger partial charge in [-0.2, -0.15) is 9.61 Å². The van der Waals surface area contributed by atoms with Crippen LogP contribution < -0.4 is 4.90 Å². The summed E-state index contributed by atoms with van der Waals surface area (Å²) in [4.78, 5) is 10.7. The first-order valence-corrected chi connectivity index (χ1v) is 10.4. The molecule has 0 spiro atoms. The summed E-state index contributed by atoms with van der Waals surface area (Å²) in [5.41, 5.74) is 3.47. The highest BCUT2D eigenvalue weighted by molar-refractivity contribution is 5.59. The maximum Gasteiger partial charge on any atom is 0.234 e. The van der Waals surface area contributed by atoms with Gasteiger partial charge < -0.3 is 9.64 Å². The molecule has 0 aliphatic carbocycles. The second-order valence-electron chi connectivity index (χ2n) is 6.75. The van der Waals surface area contributed by atoms with Crippen LogP contribution in [0.4, 0.5) is 16.0 Å². The molecule has 1 unspecified atom stereocenters. The van der Waals surface area contributed by atoms with Crippen LogP contribution in [0.2, 0.25) is 0 Å². The molecule has 0 N–H and O–H groups in total. The predicted molar refractivity (Wildman–Crippen MR) is 121 cm³/mol. The second kappa shape index (κ2) is 11.2. The fourth-order valence-corrected chi connectivity index (χ4v) is 3.18. The van der Waals surface area contributed by atoms with E-state index in [1.54, 1.807) is 10.7 Å². The molecule has 0 bridgehead atoms. The van der Waals surface area contributed by atoms with Crippen molar-refractivity contribution < 1.29 is 9.13 Å². The second-order valence-corrected chi connectivity index (χ2v) is 6.75. The van der Waals surface area contributed by atoms with E-state index >= 15 is 0 Å². The van der Waals surface area contributed by atoms with Crippen LogP contribution in [0.3, 0.4) is 0 Å². The smallest absolute Gasteiger partial charge is 0.234 e. The normalized spacial score (nSPS) is 11.6. The van der Waals surface area contributed by atoms with E-state index in [-0.39, 0.29) is 0 Å². The van der Waals surface area contributed by atoms with Crippen molar-refractivity contribution in [2.45, 2.75) is 33.0 Å². The Morgan fingerprint density at radius 2 is 1.68 bits per heavy atom. The summed E-state index contributed by atoms with van der Waals surface area (Å²) < 4.78 is 21.0. The summed E-state index contributed by atoms with van der Waals surface area (Å²) in [6.45, 7) is 3.79. The average molecular weight is 422 g/mol. The van der Waals surface area contributed by atoms with Gasteiger partial charge in [-0.25, -0.2) is 14.4 Å². The minimum atomic E-state index is -0.577. The third-order valence-electron chi connectivity index (χ3n) is 4.75. The van der Waals surface area contributed by atoms with E-state index in [4.69, 9.17) is 4.74 Å². The van der Waals surface area contributed by atoms with Crippen LogP contribution in [0.1, 0.15) is 25.0 Å². The summed E-state index contributed by atoms with van der Waals surface area (Å²) in [7, 11) is 1.92. The van der Waals surface area contributed by atoms with Gasteiger partial charge in [0, 0.05) is 24.7 Å². The summed E-state index contributed by atoms with van der Waals surface area (Å²) in [5, 5.41) is 4.44. The lowest BCUT2D eigenvalue weighted by Crippen LogP contribution is -2.19. The highest BCUT2D eigenvalue weighted by Crippen LogP contribution is 2.23. The van der Waals surface area contributed by atoms with Gasteiger partial charge >= 0.3 is 0 Å². The SMILES string of the molecule is CC.CN(c1ccccc1)c1ncnc2c(CC(CF)OCc3ccccc3)cnn12. The Labute approximate surface area is 182 Å². The molecule has 0 saturated heterocycles. The molecular formula is C24H28FN5O. The van der Waals surface area contributed by atoms with Crippen molar-refractivity contribution in [3.05, 3.63) is 84.3 Å². The van der Waals surface area contributed by atoms with Crippen molar-refractivity contribution in [2.75, 3.05) is 18.6 Å². The summed E-state index contributed by atoms with van der Waals surface area (Å²) >= 11 is 0. The van der Waals surface area contributed by atoms with Crippen molar-refractivity contribution in [1.29, 1.82) is 0 Å². The third kappa shape index (κ3) is 5.44. The van der Waals surface area contributed by atoms with Crippen LogP contribution in [0.25, 0.3) is 5.65 Å². The number of para-hydroxylation sites is 1. The molecule has 0 radical (unpaired) electrons. The number of nitrogens with zero attached hydrogens (tertiary/aromatic N) is 5. The lowest BCUT2D eigenvalue weighted by molar-refractivity contribution is 0.0247. The fourth-order valence-electron chi connectivity index (χ4n) is 3.18. The maximum atomic E-state index is 13.6. The molecule has 0 aliphatic rings. The number of benzene rings is 2. The quantitative estimate of drug-likeness (QED) is 0.400. The lowest BCUT2D eigenvalue weighted by atomic mass is 10.1. The number of fused-ring (bicyclic) bond motifs is 1. The molecule has 7 heteroatoms. The highest BCUT2D eigenvalue weighted by atomic mass is 19.1. The Morgan fingerprint density at radius 3 is 2.35 bits per heavy atom. The van der Waals surface area contributed by atoms with E-state index in [1.165, 1.54) is 6.33 Å². The molecule has 2 heterocycles. The number of anilines is 2. The zero-order chi connectivity index (χ0) is 22.1. The van der Waals surface area contributed by atoms with Crippen LogP contribution >= 0.6 is 0 Å². The molecule has 6 nitrogen and oxygen atoms in total. The van der Waals surface area contributed by atoms with E-state index in [1.807, 2.05) is 86.5 Å². The van der Waals surface area contributed by atoms with Gasteiger partial charge in [-0.3, -0.25) is 0 Å². The van der Waals surface area contributed by atoms with Crippen LogP contribution in [-0.4, -0.2) is 39.4 Å². The topological polar surface area (TPSA) is 55.5 Å². The number of rotatable bonds is 8. The molecule has 31 heavy (non-hydrogen) atoms. The van der Waals surface area contributed by atoms with Gasteiger partial charge in [-0.1, -0.05) is 62.4 Å². The first kappa shape index (κ1) is 22.4. The molecule has 0 amide bonds. The van der Waals surface area contributed by atoms with Crippen LogP contribution in [0.5, 0.6) is 0 Å². The van der Waals surface area contributed by atoms with Crippen molar-refractivity contribution >= 4 is 17.3 Å². The molecule has 1 atom stereocenters. The van der Waals surface area contributed by atoms with Gasteiger partial charge in [0.05, 0.1) is 18.9 Å². The van der Waals surface area contributed by atoms with Gasteiger partial charge in [0.15, 0.2) is 5.65 Å². The Bertz CT molecular complexity index is 1060. The number of aromatic nitrogens is 4. The standard InChI is InChI=1S/C22H22FN5O.C2H6/c1-27(19-10-6-3-7-11-19)22-25-16-24-21-18(14-26-28(21)22)12-20(13-23)29-15-17-8-4-2-5-9-17;1-2/h2-11,14,16,20H,12-13,15H2,1H3;1-2H3.